The molecule has 22 heavy (non-hydrogen) atoms. The number of hydrogen-bond donors (Lipinski definition) is 0. The Kier molecular flexibility index (Phi) is 3.98. The summed E-state index contributed by atoms with van der Waals surface area (Å²) in [5.41, 5.74) is 5.31. The predicted octanol–water partition coefficient (Wildman–Crippen LogP) is 4.69. The number of benzene rings is 1. The van der Waals surface area contributed by atoms with E-state index in [4.69, 9.17) is 4.42 Å². The van der Waals surface area contributed by atoms with E-state index >= 15 is 0 Å². The average molecular weight is 314 g/mol. The first-order valence-electron chi connectivity index (χ1n) is 7.50. The fourth-order valence-electron chi connectivity index (χ4n) is 3.36. The standard InChI is InChI=1S/C19H19NO.ClH/c1-13-6-7-14-10-11-20(2)19(16(14)12-13)18-9-8-15-4-3-5-17(15)21-18;/h3-9,12,19H,10-11H2,1-2H3;1H. The number of hydrogen-bond acceptors (Lipinski definition) is 2. The monoisotopic (exact) mass is 313 g/mol. The van der Waals surface area contributed by atoms with E-state index < -0.39 is 0 Å². The Morgan fingerprint density at radius 1 is 1.09 bits per heavy atom. The fourth-order valence-corrected chi connectivity index (χ4v) is 3.36. The maximum Gasteiger partial charge on any atom is 0.134 e. The van der Waals surface area contributed by atoms with Crippen molar-refractivity contribution in [1.82, 2.24) is 4.90 Å². The summed E-state index contributed by atoms with van der Waals surface area (Å²) < 4.78 is 6.17. The molecule has 1 aliphatic carbocycles. The zero-order valence-corrected chi connectivity index (χ0v) is 13.7. The van der Waals surface area contributed by atoms with Crippen LogP contribution in [0.4, 0.5) is 0 Å². The molecule has 0 N–H and O–H groups in total. The second-order valence-corrected chi connectivity index (χ2v) is 6.02. The van der Waals surface area contributed by atoms with Crippen LogP contribution < -0.4 is 0 Å². The molecule has 2 heterocycles. The van der Waals surface area contributed by atoms with Crippen molar-refractivity contribution in [1.29, 1.82) is 0 Å². The Morgan fingerprint density at radius 2 is 1.95 bits per heavy atom. The Morgan fingerprint density at radius 3 is 2.82 bits per heavy atom. The lowest BCUT2D eigenvalue weighted by molar-refractivity contribution is 0.234. The summed E-state index contributed by atoms with van der Waals surface area (Å²) in [5.74, 6) is 2.00. The molecular weight excluding hydrogens is 294 g/mol. The van der Waals surface area contributed by atoms with E-state index in [0.717, 1.165) is 24.5 Å². The molecule has 1 aromatic carbocycles. The maximum atomic E-state index is 6.17. The van der Waals surface area contributed by atoms with E-state index in [1.54, 1.807) is 0 Å². The van der Waals surface area contributed by atoms with Crippen LogP contribution in [0.5, 0.6) is 0 Å². The maximum absolute atomic E-state index is 6.17. The molecular formula is C19H20ClNO. The van der Waals surface area contributed by atoms with Crippen molar-refractivity contribution in [2.45, 2.75) is 19.4 Å². The quantitative estimate of drug-likeness (QED) is 0.648. The first-order chi connectivity index (χ1) is 10.2. The summed E-state index contributed by atoms with van der Waals surface area (Å²) in [5, 5.41) is 0. The van der Waals surface area contributed by atoms with Crippen LogP contribution in [0.1, 0.15) is 28.5 Å². The van der Waals surface area contributed by atoms with E-state index in [1.165, 1.54) is 22.3 Å². The Hall–Kier alpha value is -1.77. The van der Waals surface area contributed by atoms with Crippen LogP contribution >= 0.6 is 12.4 Å². The SMILES string of the molecule is Cc1ccc2c(c1)C(c1ccc3cccc-3o1)N(C)CC2.Cl. The molecule has 0 bridgehead atoms. The van der Waals surface area contributed by atoms with Gasteiger partial charge in [-0.3, -0.25) is 4.90 Å². The van der Waals surface area contributed by atoms with Gasteiger partial charge in [0, 0.05) is 12.1 Å². The van der Waals surface area contributed by atoms with E-state index in [0.29, 0.717) is 0 Å². The number of rotatable bonds is 1. The van der Waals surface area contributed by atoms with Crippen molar-refractivity contribution in [2.75, 3.05) is 13.6 Å². The van der Waals surface area contributed by atoms with Crippen molar-refractivity contribution >= 4 is 12.4 Å². The van der Waals surface area contributed by atoms with Crippen LogP contribution in [0.3, 0.4) is 0 Å². The first kappa shape index (κ1) is 15.1. The molecule has 0 aromatic heterocycles. The highest BCUT2D eigenvalue weighted by atomic mass is 35.5. The van der Waals surface area contributed by atoms with Gasteiger partial charge in [0.15, 0.2) is 0 Å². The Bertz CT molecular complexity index is 764. The Balaban J connectivity index is 0.00000144. The third-order valence-electron chi connectivity index (χ3n) is 4.50. The first-order valence-corrected chi connectivity index (χ1v) is 7.50. The largest absolute Gasteiger partial charge is 0.459 e. The van der Waals surface area contributed by atoms with Crippen molar-refractivity contribution < 1.29 is 4.42 Å². The molecule has 0 radical (unpaired) electrons. The number of likely N-dealkylation sites (N-methyl/N-ethyl adjacent to an activating group) is 1. The number of nitrogens with zero attached hydrogens (tertiary/aromatic N) is 1. The van der Waals surface area contributed by atoms with E-state index in [2.05, 4.69) is 55.3 Å². The van der Waals surface area contributed by atoms with Crippen LogP contribution in [-0.4, -0.2) is 18.5 Å². The molecule has 1 atom stereocenters. The molecule has 0 saturated heterocycles. The summed E-state index contributed by atoms with van der Waals surface area (Å²) in [4.78, 5) is 2.38. The molecule has 3 heteroatoms. The molecule has 2 nitrogen and oxygen atoms in total. The van der Waals surface area contributed by atoms with E-state index in [1.807, 2.05) is 12.1 Å². The summed E-state index contributed by atoms with van der Waals surface area (Å²) in [7, 11) is 2.18. The lowest BCUT2D eigenvalue weighted by atomic mass is 9.90. The van der Waals surface area contributed by atoms with Gasteiger partial charge in [0.05, 0.1) is 6.04 Å². The molecule has 2 aliphatic heterocycles. The summed E-state index contributed by atoms with van der Waals surface area (Å²) in [6.07, 6.45) is 1.11. The minimum Gasteiger partial charge on any atom is -0.459 e. The zero-order chi connectivity index (χ0) is 14.4. The van der Waals surface area contributed by atoms with Crippen LogP contribution in [0.25, 0.3) is 11.3 Å². The van der Waals surface area contributed by atoms with Gasteiger partial charge < -0.3 is 4.42 Å². The van der Waals surface area contributed by atoms with Crippen LogP contribution in [0.2, 0.25) is 0 Å². The average Bonchev–Trinajstić information content (AvgIpc) is 2.94. The summed E-state index contributed by atoms with van der Waals surface area (Å²) >= 11 is 0. The molecule has 0 amide bonds. The van der Waals surface area contributed by atoms with Gasteiger partial charge in [0.2, 0.25) is 0 Å². The number of fused-ring (bicyclic) bond motifs is 2. The van der Waals surface area contributed by atoms with Gasteiger partial charge in [0.25, 0.3) is 0 Å². The lowest BCUT2D eigenvalue weighted by Gasteiger charge is -2.34. The van der Waals surface area contributed by atoms with Crippen LogP contribution in [0, 0.1) is 6.92 Å². The zero-order valence-electron chi connectivity index (χ0n) is 12.9. The Labute approximate surface area is 137 Å². The highest BCUT2D eigenvalue weighted by Crippen LogP contribution is 2.37. The third-order valence-corrected chi connectivity index (χ3v) is 4.50. The molecule has 114 valence electrons. The molecule has 0 fully saturated rings. The minimum atomic E-state index is 0. The van der Waals surface area contributed by atoms with E-state index in [9.17, 15) is 0 Å². The molecule has 0 saturated carbocycles. The third kappa shape index (κ3) is 2.43. The van der Waals surface area contributed by atoms with Crippen LogP contribution in [0.15, 0.2) is 52.9 Å². The second-order valence-electron chi connectivity index (χ2n) is 6.02. The lowest BCUT2D eigenvalue weighted by Crippen LogP contribution is -2.32. The fraction of sp³-hybridized carbons (Fsp3) is 0.263. The van der Waals surface area contributed by atoms with Gasteiger partial charge in [-0.05, 0) is 49.7 Å². The molecule has 4 rings (SSSR count). The van der Waals surface area contributed by atoms with Crippen molar-refractivity contribution in [3.63, 3.8) is 0 Å². The number of halogens is 1. The van der Waals surface area contributed by atoms with E-state index in [-0.39, 0.29) is 18.4 Å². The normalized spacial score (nSPS) is 18.0. The second kappa shape index (κ2) is 5.79. The molecule has 0 spiro atoms. The van der Waals surface area contributed by atoms with Gasteiger partial charge in [-0.1, -0.05) is 35.9 Å². The number of aryl methyl sites for hydroxylation is 1. The van der Waals surface area contributed by atoms with Crippen molar-refractivity contribution in [3.05, 3.63) is 71.0 Å². The smallest absolute Gasteiger partial charge is 0.134 e. The minimum absolute atomic E-state index is 0. The molecule has 3 aliphatic rings. The summed E-state index contributed by atoms with van der Waals surface area (Å²) in [6.45, 7) is 3.22. The van der Waals surface area contributed by atoms with Gasteiger partial charge in [-0.25, -0.2) is 0 Å². The topological polar surface area (TPSA) is 16.4 Å². The predicted molar refractivity (Wildman–Crippen MR) is 91.9 cm³/mol. The summed E-state index contributed by atoms with van der Waals surface area (Å²) in [6, 6.07) is 17.5. The van der Waals surface area contributed by atoms with Gasteiger partial charge in [0.1, 0.15) is 11.5 Å². The van der Waals surface area contributed by atoms with Gasteiger partial charge >= 0.3 is 0 Å². The molecule has 1 aromatic rings. The van der Waals surface area contributed by atoms with Crippen LogP contribution in [-0.2, 0) is 6.42 Å². The van der Waals surface area contributed by atoms with Crippen molar-refractivity contribution in [3.8, 4) is 11.3 Å². The van der Waals surface area contributed by atoms with Crippen molar-refractivity contribution in [2.24, 2.45) is 0 Å². The highest BCUT2D eigenvalue weighted by molar-refractivity contribution is 5.85. The van der Waals surface area contributed by atoms with Gasteiger partial charge in [-0.2, -0.15) is 0 Å². The molecule has 1 unspecified atom stereocenters. The van der Waals surface area contributed by atoms with Gasteiger partial charge in [-0.15, -0.1) is 12.4 Å². The highest BCUT2D eigenvalue weighted by Gasteiger charge is 2.28.